The molecule has 0 aliphatic rings. The summed E-state index contributed by atoms with van der Waals surface area (Å²) in [7, 11) is 0. The van der Waals surface area contributed by atoms with Crippen LogP contribution in [-0.4, -0.2) is 4.57 Å². The Labute approximate surface area is 223 Å². The van der Waals surface area contributed by atoms with Gasteiger partial charge in [-0.2, -0.15) is 0 Å². The fourth-order valence-electron chi connectivity index (χ4n) is 5.19. The van der Waals surface area contributed by atoms with Crippen LogP contribution < -0.4 is 4.90 Å². The molecule has 0 radical (unpaired) electrons. The van der Waals surface area contributed by atoms with Crippen LogP contribution in [0.5, 0.6) is 0 Å². The van der Waals surface area contributed by atoms with Crippen molar-refractivity contribution in [1.29, 1.82) is 0 Å². The van der Waals surface area contributed by atoms with E-state index >= 15 is 0 Å². The second kappa shape index (κ2) is 10.1. The lowest BCUT2D eigenvalue weighted by Gasteiger charge is -2.26. The summed E-state index contributed by atoms with van der Waals surface area (Å²) < 4.78 is 2.35. The van der Waals surface area contributed by atoms with E-state index in [4.69, 9.17) is 0 Å². The Balaban J connectivity index is 1.36. The molecule has 0 amide bonds. The second-order valence-electron chi connectivity index (χ2n) is 9.17. The van der Waals surface area contributed by atoms with Gasteiger partial charge in [-0.05, 0) is 71.8 Å². The van der Waals surface area contributed by atoms with Gasteiger partial charge in [0.15, 0.2) is 0 Å². The summed E-state index contributed by atoms with van der Waals surface area (Å²) in [6.45, 7) is 7.90. The van der Waals surface area contributed by atoms with Gasteiger partial charge in [0.25, 0.3) is 0 Å². The highest BCUT2D eigenvalue weighted by atomic mass is 15.1. The third-order valence-electron chi connectivity index (χ3n) is 6.93. The van der Waals surface area contributed by atoms with E-state index in [0.717, 1.165) is 22.8 Å². The molecule has 0 saturated heterocycles. The molecule has 2 heteroatoms. The highest BCUT2D eigenvalue weighted by Gasteiger charge is 2.13. The topological polar surface area (TPSA) is 8.17 Å². The minimum absolute atomic E-state index is 0.967. The zero-order valence-electron chi connectivity index (χ0n) is 21.2. The van der Waals surface area contributed by atoms with Gasteiger partial charge in [0.1, 0.15) is 0 Å². The molecule has 5 aromatic carbocycles. The Morgan fingerprint density at radius 1 is 0.553 bits per heavy atom. The average molecular weight is 489 g/mol. The molecule has 0 spiro atoms. The predicted molar refractivity (Wildman–Crippen MR) is 163 cm³/mol. The predicted octanol–water partition coefficient (Wildman–Crippen LogP) is 9.84. The molecule has 6 aromatic rings. The molecule has 0 bridgehead atoms. The van der Waals surface area contributed by atoms with Crippen LogP contribution in [0.3, 0.4) is 0 Å². The average Bonchev–Trinajstić information content (AvgIpc) is 3.32. The van der Waals surface area contributed by atoms with Gasteiger partial charge in [0.05, 0.1) is 11.0 Å². The van der Waals surface area contributed by atoms with Crippen molar-refractivity contribution in [2.75, 3.05) is 4.90 Å². The summed E-state index contributed by atoms with van der Waals surface area (Å²) >= 11 is 0. The highest BCUT2D eigenvalue weighted by Crippen LogP contribution is 2.34. The van der Waals surface area contributed by atoms with Crippen LogP contribution in [0.2, 0.25) is 0 Å². The largest absolute Gasteiger partial charge is 0.311 e. The molecule has 0 aliphatic carbocycles. The summed E-state index contributed by atoms with van der Waals surface area (Å²) in [5, 5.41) is 2.55. The van der Waals surface area contributed by atoms with E-state index in [1.807, 2.05) is 30.4 Å². The zero-order chi connectivity index (χ0) is 25.9. The summed E-state index contributed by atoms with van der Waals surface area (Å²) in [6.07, 6.45) is 5.62. The van der Waals surface area contributed by atoms with E-state index in [2.05, 4.69) is 132 Å². The van der Waals surface area contributed by atoms with Gasteiger partial charge >= 0.3 is 0 Å². The van der Waals surface area contributed by atoms with Crippen molar-refractivity contribution in [2.24, 2.45) is 0 Å². The molecular formula is C36H28N2. The summed E-state index contributed by atoms with van der Waals surface area (Å²) in [4.78, 5) is 2.18. The van der Waals surface area contributed by atoms with Gasteiger partial charge in [-0.15, -0.1) is 0 Å². The van der Waals surface area contributed by atoms with Crippen LogP contribution in [0.15, 0.2) is 164 Å². The molecule has 0 N–H and O–H groups in total. The third kappa shape index (κ3) is 4.12. The van der Waals surface area contributed by atoms with Crippen molar-refractivity contribution in [2.45, 2.75) is 0 Å². The molecule has 6 rings (SSSR count). The van der Waals surface area contributed by atoms with Crippen LogP contribution in [0.25, 0.3) is 38.6 Å². The molecule has 0 unspecified atom stereocenters. The Bertz CT molecular complexity index is 1720. The van der Waals surface area contributed by atoms with E-state index in [1.54, 1.807) is 6.08 Å². The van der Waals surface area contributed by atoms with Crippen LogP contribution >= 0.6 is 0 Å². The number of anilines is 2. The molecule has 1 aromatic heterocycles. The monoisotopic (exact) mass is 488 g/mol. The van der Waals surface area contributed by atoms with Gasteiger partial charge < -0.3 is 9.47 Å². The first kappa shape index (κ1) is 23.3. The number of rotatable bonds is 7. The number of fused-ring (bicyclic) bond motifs is 3. The molecule has 2 nitrogen and oxygen atoms in total. The van der Waals surface area contributed by atoms with Crippen molar-refractivity contribution < 1.29 is 0 Å². The number of benzene rings is 5. The summed E-state index contributed by atoms with van der Waals surface area (Å²) in [5.41, 5.74) is 9.05. The Hall–Kier alpha value is -5.08. The van der Waals surface area contributed by atoms with Crippen LogP contribution in [0.4, 0.5) is 11.4 Å². The van der Waals surface area contributed by atoms with Gasteiger partial charge in [0.2, 0.25) is 0 Å². The van der Waals surface area contributed by atoms with Crippen LogP contribution in [-0.2, 0) is 0 Å². The minimum Gasteiger partial charge on any atom is -0.311 e. The lowest BCUT2D eigenvalue weighted by molar-refractivity contribution is 1.18. The maximum Gasteiger partial charge on any atom is 0.0541 e. The number of para-hydroxylation sites is 3. The van der Waals surface area contributed by atoms with Crippen molar-refractivity contribution in [3.05, 3.63) is 164 Å². The zero-order valence-corrected chi connectivity index (χ0v) is 21.2. The van der Waals surface area contributed by atoms with Crippen LogP contribution in [0, 0.1) is 0 Å². The molecule has 0 fully saturated rings. The summed E-state index contributed by atoms with van der Waals surface area (Å²) in [5.74, 6) is 0. The first-order valence-electron chi connectivity index (χ1n) is 12.8. The number of aromatic nitrogens is 1. The van der Waals surface area contributed by atoms with Gasteiger partial charge in [-0.1, -0.05) is 98.1 Å². The van der Waals surface area contributed by atoms with E-state index in [1.165, 1.54) is 32.9 Å². The van der Waals surface area contributed by atoms with E-state index in [9.17, 15) is 0 Å². The fourth-order valence-corrected chi connectivity index (χ4v) is 5.19. The SMILES string of the molecule is C=C/C=C(\C=C)N(c1ccccc1)c1ccc(-c2ccc(-n3c4ccccc4c4ccccc43)cc2)cc1. The highest BCUT2D eigenvalue weighted by molar-refractivity contribution is 6.09. The van der Waals surface area contributed by atoms with Crippen LogP contribution in [0.1, 0.15) is 0 Å². The Morgan fingerprint density at radius 3 is 1.61 bits per heavy atom. The maximum absolute atomic E-state index is 4.02. The second-order valence-corrected chi connectivity index (χ2v) is 9.17. The molecule has 0 atom stereocenters. The summed E-state index contributed by atoms with van der Waals surface area (Å²) in [6, 6.07) is 45.0. The van der Waals surface area contributed by atoms with E-state index < -0.39 is 0 Å². The molecule has 0 aliphatic heterocycles. The third-order valence-corrected chi connectivity index (χ3v) is 6.93. The first-order chi connectivity index (χ1) is 18.8. The first-order valence-corrected chi connectivity index (χ1v) is 12.8. The molecule has 0 saturated carbocycles. The minimum atomic E-state index is 0.967. The normalized spacial score (nSPS) is 11.5. The smallest absolute Gasteiger partial charge is 0.0541 e. The number of nitrogens with zero attached hydrogens (tertiary/aromatic N) is 2. The quantitative estimate of drug-likeness (QED) is 0.203. The maximum atomic E-state index is 4.02. The Kier molecular flexibility index (Phi) is 6.21. The van der Waals surface area contributed by atoms with Gasteiger partial charge in [-0.3, -0.25) is 0 Å². The van der Waals surface area contributed by atoms with Crippen molar-refractivity contribution >= 4 is 33.2 Å². The Morgan fingerprint density at radius 2 is 1.05 bits per heavy atom. The van der Waals surface area contributed by atoms with Crippen molar-refractivity contribution in [1.82, 2.24) is 4.57 Å². The lowest BCUT2D eigenvalue weighted by atomic mass is 10.0. The molecule has 1 heterocycles. The lowest BCUT2D eigenvalue weighted by Crippen LogP contribution is -2.14. The molecule has 38 heavy (non-hydrogen) atoms. The standard InChI is InChI=1S/C36H28N2/c1-3-12-29(4-2)37(30-13-6-5-7-14-30)31-23-19-27(20-24-31)28-21-25-32(26-22-28)38-35-17-10-8-15-33(35)34-16-9-11-18-36(34)38/h3-26H,1-2H2/b29-12+. The van der Waals surface area contributed by atoms with Gasteiger partial charge in [0, 0.05) is 33.5 Å². The number of hydrogen-bond acceptors (Lipinski definition) is 1. The number of allylic oxidation sites excluding steroid dienone is 3. The van der Waals surface area contributed by atoms with E-state index in [-0.39, 0.29) is 0 Å². The fraction of sp³-hybridized carbons (Fsp3) is 0. The molecule has 182 valence electrons. The number of hydrogen-bond donors (Lipinski definition) is 0. The van der Waals surface area contributed by atoms with Crippen molar-refractivity contribution in [3.63, 3.8) is 0 Å². The van der Waals surface area contributed by atoms with Crippen molar-refractivity contribution in [3.8, 4) is 16.8 Å². The molecular weight excluding hydrogens is 460 g/mol. The van der Waals surface area contributed by atoms with Gasteiger partial charge in [-0.25, -0.2) is 0 Å². The van der Waals surface area contributed by atoms with E-state index in [0.29, 0.717) is 0 Å².